The van der Waals surface area contributed by atoms with Gasteiger partial charge in [0.05, 0.1) is 6.20 Å². The summed E-state index contributed by atoms with van der Waals surface area (Å²) in [6.45, 7) is 0. The first kappa shape index (κ1) is 12.5. The highest BCUT2D eigenvalue weighted by Gasteiger charge is 2.16. The molecular weight excluding hydrogens is 228 g/mol. The van der Waals surface area contributed by atoms with Crippen molar-refractivity contribution in [2.45, 2.75) is 18.9 Å². The molecule has 4 heteroatoms. The molecular formula is C14H16N2O2. The van der Waals surface area contributed by atoms with Crippen LogP contribution in [-0.4, -0.2) is 20.7 Å². The van der Waals surface area contributed by atoms with E-state index in [1.807, 2.05) is 31.4 Å². The Labute approximate surface area is 106 Å². The van der Waals surface area contributed by atoms with Gasteiger partial charge in [-0.1, -0.05) is 30.3 Å². The molecule has 2 aromatic rings. The minimum atomic E-state index is -1.03. The summed E-state index contributed by atoms with van der Waals surface area (Å²) in [6, 6.07) is 9.00. The number of ketones is 1. The summed E-state index contributed by atoms with van der Waals surface area (Å²) in [5.41, 5.74) is 1.65. The van der Waals surface area contributed by atoms with E-state index >= 15 is 0 Å². The van der Waals surface area contributed by atoms with Crippen molar-refractivity contribution >= 4 is 5.78 Å². The fourth-order valence-corrected chi connectivity index (χ4v) is 1.83. The van der Waals surface area contributed by atoms with E-state index < -0.39 is 6.10 Å². The first-order valence-corrected chi connectivity index (χ1v) is 5.90. The lowest BCUT2D eigenvalue weighted by Gasteiger charge is -2.09. The minimum Gasteiger partial charge on any atom is -0.381 e. The number of hydrogen-bond donors (Lipinski definition) is 1. The summed E-state index contributed by atoms with van der Waals surface area (Å²) in [6.07, 6.45) is 3.52. The molecule has 0 saturated heterocycles. The first-order valence-electron chi connectivity index (χ1n) is 5.90. The molecule has 0 aliphatic rings. The maximum absolute atomic E-state index is 11.8. The van der Waals surface area contributed by atoms with Gasteiger partial charge in [-0.15, -0.1) is 0 Å². The summed E-state index contributed by atoms with van der Waals surface area (Å²) in [5, 5.41) is 13.9. The van der Waals surface area contributed by atoms with Gasteiger partial charge in [0.1, 0.15) is 6.10 Å². The van der Waals surface area contributed by atoms with E-state index in [1.54, 1.807) is 23.0 Å². The molecule has 0 radical (unpaired) electrons. The number of nitrogens with zero attached hydrogens (tertiary/aromatic N) is 2. The molecule has 1 unspecified atom stereocenters. The van der Waals surface area contributed by atoms with Crippen molar-refractivity contribution in [3.05, 3.63) is 53.9 Å². The average molecular weight is 244 g/mol. The number of carbonyl (C=O) groups is 1. The van der Waals surface area contributed by atoms with Gasteiger partial charge in [0.15, 0.2) is 5.78 Å². The largest absolute Gasteiger partial charge is 0.381 e. The molecule has 18 heavy (non-hydrogen) atoms. The van der Waals surface area contributed by atoms with E-state index in [0.29, 0.717) is 18.4 Å². The molecule has 1 atom stereocenters. The summed E-state index contributed by atoms with van der Waals surface area (Å²) >= 11 is 0. The SMILES string of the molecule is Cn1cc(CCC(=O)C(O)c2ccccc2)cn1. The van der Waals surface area contributed by atoms with E-state index in [-0.39, 0.29) is 5.78 Å². The monoisotopic (exact) mass is 244 g/mol. The van der Waals surface area contributed by atoms with Crippen molar-refractivity contribution in [3.8, 4) is 0 Å². The molecule has 0 aliphatic heterocycles. The normalized spacial score (nSPS) is 12.3. The predicted octanol–water partition coefficient (Wildman–Crippen LogP) is 1.66. The van der Waals surface area contributed by atoms with Crippen LogP contribution in [-0.2, 0) is 18.3 Å². The molecule has 0 spiro atoms. The molecule has 0 saturated carbocycles. The van der Waals surface area contributed by atoms with Crippen molar-refractivity contribution in [2.75, 3.05) is 0 Å². The Balaban J connectivity index is 1.92. The van der Waals surface area contributed by atoms with Gasteiger partial charge >= 0.3 is 0 Å². The molecule has 1 aromatic heterocycles. The Kier molecular flexibility index (Phi) is 3.89. The second kappa shape index (κ2) is 5.60. The number of hydrogen-bond acceptors (Lipinski definition) is 3. The van der Waals surface area contributed by atoms with Crippen LogP contribution in [0.3, 0.4) is 0 Å². The van der Waals surface area contributed by atoms with E-state index in [1.165, 1.54) is 0 Å². The van der Waals surface area contributed by atoms with Crippen molar-refractivity contribution in [1.82, 2.24) is 9.78 Å². The lowest BCUT2D eigenvalue weighted by molar-refractivity contribution is -0.127. The zero-order valence-corrected chi connectivity index (χ0v) is 10.3. The molecule has 0 bridgehead atoms. The highest BCUT2D eigenvalue weighted by atomic mass is 16.3. The van der Waals surface area contributed by atoms with Gasteiger partial charge in [0.2, 0.25) is 0 Å². The van der Waals surface area contributed by atoms with Crippen LogP contribution in [0.15, 0.2) is 42.7 Å². The summed E-state index contributed by atoms with van der Waals surface area (Å²) < 4.78 is 1.70. The van der Waals surface area contributed by atoms with E-state index in [4.69, 9.17) is 0 Å². The van der Waals surface area contributed by atoms with Gasteiger partial charge in [-0.05, 0) is 17.5 Å². The minimum absolute atomic E-state index is 0.162. The second-order valence-corrected chi connectivity index (χ2v) is 4.30. The highest BCUT2D eigenvalue weighted by molar-refractivity contribution is 5.84. The Morgan fingerprint density at radius 3 is 2.72 bits per heavy atom. The second-order valence-electron chi connectivity index (χ2n) is 4.30. The van der Waals surface area contributed by atoms with Crippen molar-refractivity contribution < 1.29 is 9.90 Å². The molecule has 0 amide bonds. The zero-order valence-electron chi connectivity index (χ0n) is 10.3. The molecule has 0 aliphatic carbocycles. The number of carbonyl (C=O) groups excluding carboxylic acids is 1. The van der Waals surface area contributed by atoms with Crippen molar-refractivity contribution in [3.63, 3.8) is 0 Å². The lowest BCUT2D eigenvalue weighted by atomic mass is 10.0. The number of benzene rings is 1. The van der Waals surface area contributed by atoms with Crippen LogP contribution in [0.2, 0.25) is 0 Å². The molecule has 1 aromatic carbocycles. The average Bonchev–Trinajstić information content (AvgIpc) is 2.82. The molecule has 0 fully saturated rings. The number of aryl methyl sites for hydroxylation is 2. The molecule has 4 nitrogen and oxygen atoms in total. The van der Waals surface area contributed by atoms with E-state index in [9.17, 15) is 9.90 Å². The van der Waals surface area contributed by atoms with Crippen LogP contribution in [0.4, 0.5) is 0 Å². The number of Topliss-reactive ketones (excluding diaryl/α,β-unsaturated/α-hetero) is 1. The smallest absolute Gasteiger partial charge is 0.166 e. The maximum Gasteiger partial charge on any atom is 0.166 e. The number of aliphatic hydroxyl groups excluding tert-OH is 1. The number of aliphatic hydroxyl groups is 1. The third-order valence-electron chi connectivity index (χ3n) is 2.84. The van der Waals surface area contributed by atoms with E-state index in [0.717, 1.165) is 5.56 Å². The summed E-state index contributed by atoms with van der Waals surface area (Å²) in [5.74, 6) is -0.162. The Morgan fingerprint density at radius 2 is 2.11 bits per heavy atom. The Hall–Kier alpha value is -1.94. The summed E-state index contributed by atoms with van der Waals surface area (Å²) in [4.78, 5) is 11.8. The third-order valence-corrected chi connectivity index (χ3v) is 2.84. The number of aromatic nitrogens is 2. The maximum atomic E-state index is 11.8. The lowest BCUT2D eigenvalue weighted by Crippen LogP contribution is -2.12. The topological polar surface area (TPSA) is 55.1 Å². The molecule has 1 N–H and O–H groups in total. The molecule has 1 heterocycles. The van der Waals surface area contributed by atoms with Crippen LogP contribution in [0, 0.1) is 0 Å². The highest BCUT2D eigenvalue weighted by Crippen LogP contribution is 2.16. The predicted molar refractivity (Wildman–Crippen MR) is 67.9 cm³/mol. The first-order chi connectivity index (χ1) is 8.66. The van der Waals surface area contributed by atoms with Gasteiger partial charge in [-0.25, -0.2) is 0 Å². The Bertz CT molecular complexity index is 520. The van der Waals surface area contributed by atoms with Crippen LogP contribution < -0.4 is 0 Å². The van der Waals surface area contributed by atoms with Crippen molar-refractivity contribution in [2.24, 2.45) is 7.05 Å². The van der Waals surface area contributed by atoms with Crippen LogP contribution in [0.1, 0.15) is 23.7 Å². The Morgan fingerprint density at radius 1 is 1.39 bits per heavy atom. The van der Waals surface area contributed by atoms with Crippen LogP contribution >= 0.6 is 0 Å². The van der Waals surface area contributed by atoms with Gasteiger partial charge in [0.25, 0.3) is 0 Å². The van der Waals surface area contributed by atoms with Crippen LogP contribution in [0.5, 0.6) is 0 Å². The van der Waals surface area contributed by atoms with E-state index in [2.05, 4.69) is 5.10 Å². The zero-order chi connectivity index (χ0) is 13.0. The van der Waals surface area contributed by atoms with Gasteiger partial charge in [-0.3, -0.25) is 9.48 Å². The van der Waals surface area contributed by atoms with Gasteiger partial charge in [-0.2, -0.15) is 5.10 Å². The quantitative estimate of drug-likeness (QED) is 0.870. The van der Waals surface area contributed by atoms with Gasteiger partial charge in [0, 0.05) is 19.7 Å². The molecule has 94 valence electrons. The van der Waals surface area contributed by atoms with Crippen LogP contribution in [0.25, 0.3) is 0 Å². The van der Waals surface area contributed by atoms with Crippen molar-refractivity contribution in [1.29, 1.82) is 0 Å². The summed E-state index contributed by atoms with van der Waals surface area (Å²) in [7, 11) is 1.84. The fourth-order valence-electron chi connectivity index (χ4n) is 1.83. The van der Waals surface area contributed by atoms with Gasteiger partial charge < -0.3 is 5.11 Å². The fraction of sp³-hybridized carbons (Fsp3) is 0.286. The third kappa shape index (κ3) is 3.05. The standard InChI is InChI=1S/C14H16N2O2/c1-16-10-11(9-15-16)7-8-13(17)14(18)12-5-3-2-4-6-12/h2-6,9-10,14,18H,7-8H2,1H3. The number of rotatable bonds is 5. The molecule has 2 rings (SSSR count).